The van der Waals surface area contributed by atoms with Crippen LogP contribution >= 0.6 is 0 Å². The summed E-state index contributed by atoms with van der Waals surface area (Å²) in [6.07, 6.45) is 0.503. The van der Waals surface area contributed by atoms with Crippen molar-refractivity contribution < 1.29 is 23.1 Å². The Kier molecular flexibility index (Phi) is 5.87. The normalized spacial score (nSPS) is 22.5. The topological polar surface area (TPSA) is 83.9 Å². The van der Waals surface area contributed by atoms with Gasteiger partial charge in [-0.1, -0.05) is 20.8 Å². The molecular formula is C17H25NO5S. The highest BCUT2D eigenvalue weighted by Crippen LogP contribution is 2.28. The van der Waals surface area contributed by atoms with Crippen LogP contribution in [-0.4, -0.2) is 43.5 Å². The third-order valence-electron chi connectivity index (χ3n) is 4.02. The number of piperidine rings is 1. The van der Waals surface area contributed by atoms with Crippen LogP contribution in [-0.2, 0) is 14.8 Å². The van der Waals surface area contributed by atoms with Crippen molar-refractivity contribution in [3.63, 3.8) is 0 Å². The highest BCUT2D eigenvalue weighted by atomic mass is 32.2. The zero-order chi connectivity index (χ0) is 17.9. The second-order valence-electron chi connectivity index (χ2n) is 6.87. The Balaban J connectivity index is 2.15. The van der Waals surface area contributed by atoms with E-state index in [0.717, 1.165) is 0 Å². The average molecular weight is 355 g/mol. The molecule has 1 aliphatic rings. The number of carbonyl (C=O) groups is 1. The summed E-state index contributed by atoms with van der Waals surface area (Å²) in [7, 11) is -3.69. The largest absolute Gasteiger partial charge is 0.493 e. The van der Waals surface area contributed by atoms with Crippen LogP contribution in [0.15, 0.2) is 29.2 Å². The number of aliphatic carboxylic acids is 1. The molecule has 1 aromatic carbocycles. The van der Waals surface area contributed by atoms with E-state index < -0.39 is 21.9 Å². The van der Waals surface area contributed by atoms with Crippen molar-refractivity contribution in [2.45, 2.75) is 32.1 Å². The molecule has 24 heavy (non-hydrogen) atoms. The fourth-order valence-electron chi connectivity index (χ4n) is 2.80. The quantitative estimate of drug-likeness (QED) is 0.847. The lowest BCUT2D eigenvalue weighted by Gasteiger charge is -2.33. The van der Waals surface area contributed by atoms with Gasteiger partial charge >= 0.3 is 5.97 Å². The lowest BCUT2D eigenvalue weighted by Crippen LogP contribution is -2.45. The summed E-state index contributed by atoms with van der Waals surface area (Å²) in [6, 6.07) is 6.30. The fourth-order valence-corrected chi connectivity index (χ4v) is 4.40. The van der Waals surface area contributed by atoms with Crippen molar-refractivity contribution in [3.05, 3.63) is 24.3 Å². The molecule has 0 spiro atoms. The van der Waals surface area contributed by atoms with Gasteiger partial charge in [0.15, 0.2) is 0 Å². The second-order valence-corrected chi connectivity index (χ2v) is 8.81. The van der Waals surface area contributed by atoms with Crippen molar-refractivity contribution in [3.8, 4) is 5.75 Å². The van der Waals surface area contributed by atoms with E-state index in [1.54, 1.807) is 12.1 Å². The molecule has 6 nitrogen and oxygen atoms in total. The zero-order valence-corrected chi connectivity index (χ0v) is 15.1. The summed E-state index contributed by atoms with van der Waals surface area (Å²) < 4.78 is 32.4. The van der Waals surface area contributed by atoms with Gasteiger partial charge in [0.25, 0.3) is 0 Å². The van der Waals surface area contributed by atoms with Gasteiger partial charge in [0.2, 0.25) is 10.0 Å². The number of rotatable bonds is 6. The van der Waals surface area contributed by atoms with E-state index in [9.17, 15) is 18.3 Å². The molecule has 134 valence electrons. The smallest absolute Gasteiger partial charge is 0.307 e. The zero-order valence-electron chi connectivity index (χ0n) is 14.3. The van der Waals surface area contributed by atoms with Gasteiger partial charge in [0.05, 0.1) is 17.4 Å². The third kappa shape index (κ3) is 4.48. The first-order chi connectivity index (χ1) is 11.2. The van der Waals surface area contributed by atoms with Gasteiger partial charge < -0.3 is 9.84 Å². The van der Waals surface area contributed by atoms with Crippen molar-refractivity contribution in [2.24, 2.45) is 17.8 Å². The molecule has 0 aromatic heterocycles. The number of hydrogen-bond donors (Lipinski definition) is 1. The lowest BCUT2D eigenvalue weighted by molar-refractivity contribution is -0.143. The Morgan fingerprint density at radius 2 is 1.92 bits per heavy atom. The second kappa shape index (κ2) is 7.53. The molecule has 0 amide bonds. The summed E-state index contributed by atoms with van der Waals surface area (Å²) in [6.45, 7) is 6.88. The van der Waals surface area contributed by atoms with Crippen molar-refractivity contribution >= 4 is 16.0 Å². The van der Waals surface area contributed by atoms with E-state index in [2.05, 4.69) is 0 Å². The number of carboxylic acids is 1. The number of nitrogens with zero attached hydrogens (tertiary/aromatic N) is 1. The molecule has 0 radical (unpaired) electrons. The Morgan fingerprint density at radius 1 is 1.29 bits per heavy atom. The Bertz CT molecular complexity index is 669. The summed E-state index contributed by atoms with van der Waals surface area (Å²) in [5, 5.41) is 9.21. The van der Waals surface area contributed by atoms with Crippen LogP contribution in [0.4, 0.5) is 0 Å². The van der Waals surface area contributed by atoms with E-state index in [-0.39, 0.29) is 17.4 Å². The maximum atomic E-state index is 12.8. The van der Waals surface area contributed by atoms with E-state index in [1.165, 1.54) is 16.4 Å². The van der Waals surface area contributed by atoms with Gasteiger partial charge in [-0.15, -0.1) is 0 Å². The SMILES string of the molecule is CC(C)COc1ccc(S(=O)(=O)N2CC(C)CC(C(=O)O)C2)cc1. The van der Waals surface area contributed by atoms with Gasteiger partial charge in [-0.05, 0) is 42.5 Å². The van der Waals surface area contributed by atoms with Crippen LogP contribution in [0, 0.1) is 17.8 Å². The monoisotopic (exact) mass is 355 g/mol. The first-order valence-electron chi connectivity index (χ1n) is 8.16. The minimum absolute atomic E-state index is 0.0169. The number of benzene rings is 1. The highest BCUT2D eigenvalue weighted by molar-refractivity contribution is 7.89. The number of sulfonamides is 1. The third-order valence-corrected chi connectivity index (χ3v) is 5.87. The molecule has 0 saturated carbocycles. The number of hydrogen-bond acceptors (Lipinski definition) is 4. The maximum absolute atomic E-state index is 12.8. The van der Waals surface area contributed by atoms with Crippen LogP contribution in [0.5, 0.6) is 5.75 Å². The van der Waals surface area contributed by atoms with Gasteiger partial charge in [0.1, 0.15) is 5.75 Å². The molecule has 1 aromatic rings. The Morgan fingerprint density at radius 3 is 2.46 bits per heavy atom. The van der Waals surface area contributed by atoms with Gasteiger partial charge in [-0.25, -0.2) is 8.42 Å². The maximum Gasteiger partial charge on any atom is 0.307 e. The molecule has 7 heteroatoms. The molecule has 1 N–H and O–H groups in total. The first-order valence-corrected chi connectivity index (χ1v) is 9.60. The molecule has 1 saturated heterocycles. The van der Waals surface area contributed by atoms with Crippen LogP contribution in [0.1, 0.15) is 27.2 Å². The van der Waals surface area contributed by atoms with Crippen LogP contribution in [0.25, 0.3) is 0 Å². The Hall–Kier alpha value is -1.60. The minimum atomic E-state index is -3.69. The van der Waals surface area contributed by atoms with Crippen LogP contribution < -0.4 is 4.74 Å². The van der Waals surface area contributed by atoms with E-state index in [0.29, 0.717) is 31.2 Å². The molecule has 1 aliphatic heterocycles. The van der Waals surface area contributed by atoms with Gasteiger partial charge in [0, 0.05) is 13.1 Å². The lowest BCUT2D eigenvalue weighted by atomic mass is 9.92. The van der Waals surface area contributed by atoms with Crippen molar-refractivity contribution in [2.75, 3.05) is 19.7 Å². The predicted octanol–water partition coefficient (Wildman–Crippen LogP) is 2.45. The average Bonchev–Trinajstić information content (AvgIpc) is 2.52. The molecule has 1 heterocycles. The summed E-state index contributed by atoms with van der Waals surface area (Å²) in [4.78, 5) is 11.4. The molecule has 0 aliphatic carbocycles. The predicted molar refractivity (Wildman–Crippen MR) is 90.4 cm³/mol. The van der Waals surface area contributed by atoms with Crippen molar-refractivity contribution in [1.29, 1.82) is 0 Å². The number of ether oxygens (including phenoxy) is 1. The Labute approximate surface area is 143 Å². The molecule has 2 unspecified atom stereocenters. The summed E-state index contributed by atoms with van der Waals surface area (Å²) in [5.41, 5.74) is 0. The molecule has 2 rings (SSSR count). The highest BCUT2D eigenvalue weighted by Gasteiger charge is 2.36. The fraction of sp³-hybridized carbons (Fsp3) is 0.588. The van der Waals surface area contributed by atoms with Crippen molar-refractivity contribution in [1.82, 2.24) is 4.31 Å². The van der Waals surface area contributed by atoms with Crippen LogP contribution in [0.3, 0.4) is 0 Å². The molecule has 0 bridgehead atoms. The summed E-state index contributed by atoms with van der Waals surface area (Å²) in [5.74, 6) is -0.575. The minimum Gasteiger partial charge on any atom is -0.493 e. The van der Waals surface area contributed by atoms with E-state index in [4.69, 9.17) is 4.74 Å². The van der Waals surface area contributed by atoms with Gasteiger partial charge in [-0.3, -0.25) is 4.79 Å². The molecule has 1 fully saturated rings. The summed E-state index contributed by atoms with van der Waals surface area (Å²) >= 11 is 0. The molecular weight excluding hydrogens is 330 g/mol. The number of carboxylic acid groups (broad SMARTS) is 1. The van der Waals surface area contributed by atoms with E-state index >= 15 is 0 Å². The first kappa shape index (κ1) is 18.7. The van der Waals surface area contributed by atoms with Crippen LogP contribution in [0.2, 0.25) is 0 Å². The standard InChI is InChI=1S/C17H25NO5S/c1-12(2)11-23-15-4-6-16(7-5-15)24(21,22)18-9-13(3)8-14(10-18)17(19)20/h4-7,12-14H,8-11H2,1-3H3,(H,19,20). The van der Waals surface area contributed by atoms with E-state index in [1.807, 2.05) is 20.8 Å². The molecule has 2 atom stereocenters. The van der Waals surface area contributed by atoms with Gasteiger partial charge in [-0.2, -0.15) is 4.31 Å².